The molecule has 1 aliphatic carbocycles. The first-order valence-corrected chi connectivity index (χ1v) is 6.96. The fraction of sp³-hybridized carbons (Fsp3) is 0.538. The van der Waals surface area contributed by atoms with Gasteiger partial charge in [0.05, 0.1) is 0 Å². The summed E-state index contributed by atoms with van der Waals surface area (Å²) in [7, 11) is 0. The fourth-order valence-corrected chi connectivity index (χ4v) is 2.44. The lowest BCUT2D eigenvalue weighted by molar-refractivity contribution is 0.616. The van der Waals surface area contributed by atoms with Gasteiger partial charge in [-0.1, -0.05) is 13.0 Å². The summed E-state index contributed by atoms with van der Waals surface area (Å²) in [5.74, 6) is 0.924. The fourth-order valence-electron chi connectivity index (χ4n) is 1.98. The Bertz CT molecular complexity index is 320. The Labute approximate surface area is 96.7 Å². The van der Waals surface area contributed by atoms with Crippen molar-refractivity contribution in [3.63, 3.8) is 0 Å². The molecule has 0 bridgehead atoms. The highest BCUT2D eigenvalue weighted by Gasteiger charge is 2.29. The van der Waals surface area contributed by atoms with Crippen LogP contribution in [0.2, 0.25) is 0 Å². The lowest BCUT2D eigenvalue weighted by Gasteiger charge is -2.17. The first-order chi connectivity index (χ1) is 7.33. The van der Waals surface area contributed by atoms with Crippen molar-refractivity contribution in [2.75, 3.05) is 11.6 Å². The first-order valence-electron chi connectivity index (χ1n) is 5.74. The molecule has 1 aromatic carbocycles. The molecule has 0 spiro atoms. The maximum Gasteiger partial charge on any atom is 0.0353 e. The topological polar surface area (TPSA) is 12.0 Å². The smallest absolute Gasteiger partial charge is 0.0353 e. The first kappa shape index (κ1) is 10.9. The third kappa shape index (κ3) is 2.91. The molecule has 0 saturated heterocycles. The van der Waals surface area contributed by atoms with E-state index in [-0.39, 0.29) is 0 Å². The molecule has 1 atom stereocenters. The summed E-state index contributed by atoms with van der Waals surface area (Å²) in [4.78, 5) is 1.34. The number of benzene rings is 1. The van der Waals surface area contributed by atoms with Gasteiger partial charge >= 0.3 is 0 Å². The standard InChI is InChI=1S/C13H19NS/c1-3-13(10-7-8-10)14-11-5-4-6-12(9-11)15-2/h4-6,9-10,13-14H,3,7-8H2,1-2H3. The van der Waals surface area contributed by atoms with Gasteiger partial charge in [-0.2, -0.15) is 0 Å². The van der Waals surface area contributed by atoms with Crippen LogP contribution in [0.5, 0.6) is 0 Å². The maximum absolute atomic E-state index is 3.65. The molecule has 0 aliphatic heterocycles. The van der Waals surface area contributed by atoms with Crippen LogP contribution in [-0.4, -0.2) is 12.3 Å². The van der Waals surface area contributed by atoms with Gasteiger partial charge in [0.15, 0.2) is 0 Å². The molecular weight excluding hydrogens is 202 g/mol. The second-order valence-corrected chi connectivity index (χ2v) is 5.11. The van der Waals surface area contributed by atoms with E-state index >= 15 is 0 Å². The number of thioether (sulfide) groups is 1. The van der Waals surface area contributed by atoms with Crippen LogP contribution in [0.25, 0.3) is 0 Å². The Kier molecular flexibility index (Phi) is 3.57. The zero-order valence-electron chi connectivity index (χ0n) is 9.49. The van der Waals surface area contributed by atoms with Crippen molar-refractivity contribution >= 4 is 17.4 Å². The predicted molar refractivity (Wildman–Crippen MR) is 68.6 cm³/mol. The second kappa shape index (κ2) is 4.93. The average molecular weight is 221 g/mol. The molecule has 0 radical (unpaired) electrons. The van der Waals surface area contributed by atoms with Crippen molar-refractivity contribution in [2.45, 2.75) is 37.1 Å². The number of anilines is 1. The van der Waals surface area contributed by atoms with E-state index in [1.54, 1.807) is 11.8 Å². The summed E-state index contributed by atoms with van der Waals surface area (Å²) >= 11 is 1.80. The van der Waals surface area contributed by atoms with Gasteiger partial charge in [0.25, 0.3) is 0 Å². The zero-order chi connectivity index (χ0) is 10.7. The largest absolute Gasteiger partial charge is 0.382 e. The van der Waals surface area contributed by atoms with Crippen LogP contribution in [0.15, 0.2) is 29.2 Å². The van der Waals surface area contributed by atoms with Crippen LogP contribution in [0.4, 0.5) is 5.69 Å². The van der Waals surface area contributed by atoms with E-state index in [1.807, 2.05) is 0 Å². The van der Waals surface area contributed by atoms with Gasteiger partial charge in [0.2, 0.25) is 0 Å². The van der Waals surface area contributed by atoms with E-state index in [0.717, 1.165) is 5.92 Å². The maximum atomic E-state index is 3.65. The quantitative estimate of drug-likeness (QED) is 0.754. The SMILES string of the molecule is CCC(Nc1cccc(SC)c1)C1CC1. The van der Waals surface area contributed by atoms with E-state index in [1.165, 1.54) is 29.8 Å². The van der Waals surface area contributed by atoms with E-state index in [0.29, 0.717) is 6.04 Å². The van der Waals surface area contributed by atoms with Crippen molar-refractivity contribution < 1.29 is 0 Å². The molecule has 1 aliphatic rings. The molecule has 1 nitrogen and oxygen atoms in total. The summed E-state index contributed by atoms with van der Waals surface area (Å²) in [5.41, 5.74) is 1.28. The van der Waals surface area contributed by atoms with Crippen molar-refractivity contribution in [3.05, 3.63) is 24.3 Å². The highest BCUT2D eigenvalue weighted by molar-refractivity contribution is 7.98. The highest BCUT2D eigenvalue weighted by Crippen LogP contribution is 2.35. The van der Waals surface area contributed by atoms with Crippen molar-refractivity contribution in [3.8, 4) is 0 Å². The molecule has 1 fully saturated rings. The monoisotopic (exact) mass is 221 g/mol. The number of hydrogen-bond donors (Lipinski definition) is 1. The molecule has 15 heavy (non-hydrogen) atoms. The van der Waals surface area contributed by atoms with Gasteiger partial charge in [0, 0.05) is 16.6 Å². The molecule has 82 valence electrons. The second-order valence-electron chi connectivity index (χ2n) is 4.23. The number of nitrogens with one attached hydrogen (secondary N) is 1. The van der Waals surface area contributed by atoms with Crippen LogP contribution in [-0.2, 0) is 0 Å². The summed E-state index contributed by atoms with van der Waals surface area (Å²) in [6.45, 7) is 2.27. The lowest BCUT2D eigenvalue weighted by atomic mass is 10.1. The summed E-state index contributed by atoms with van der Waals surface area (Å²) in [5, 5.41) is 3.65. The van der Waals surface area contributed by atoms with E-state index in [2.05, 4.69) is 42.8 Å². The normalized spacial score (nSPS) is 17.5. The van der Waals surface area contributed by atoms with Crippen LogP contribution in [0.1, 0.15) is 26.2 Å². The summed E-state index contributed by atoms with van der Waals surface area (Å²) in [6.07, 6.45) is 6.17. The molecular formula is C13H19NS. The third-order valence-electron chi connectivity index (χ3n) is 3.05. The van der Waals surface area contributed by atoms with Gasteiger partial charge in [-0.05, 0) is 49.6 Å². The van der Waals surface area contributed by atoms with Crippen LogP contribution >= 0.6 is 11.8 Å². The van der Waals surface area contributed by atoms with Gasteiger partial charge < -0.3 is 5.32 Å². The molecule has 0 amide bonds. The van der Waals surface area contributed by atoms with Gasteiger partial charge in [-0.3, -0.25) is 0 Å². The Balaban J connectivity index is 2.01. The number of hydrogen-bond acceptors (Lipinski definition) is 2. The molecule has 1 aromatic rings. The molecule has 1 N–H and O–H groups in total. The van der Waals surface area contributed by atoms with Crippen LogP contribution < -0.4 is 5.32 Å². The summed E-state index contributed by atoms with van der Waals surface area (Å²) in [6, 6.07) is 9.39. The van der Waals surface area contributed by atoms with Crippen LogP contribution in [0.3, 0.4) is 0 Å². The van der Waals surface area contributed by atoms with Crippen molar-refractivity contribution in [1.82, 2.24) is 0 Å². The molecule has 1 unspecified atom stereocenters. The minimum Gasteiger partial charge on any atom is -0.382 e. The molecule has 0 aromatic heterocycles. The minimum absolute atomic E-state index is 0.683. The Morgan fingerprint density at radius 2 is 2.27 bits per heavy atom. The van der Waals surface area contributed by atoms with Crippen molar-refractivity contribution in [2.24, 2.45) is 5.92 Å². The molecule has 1 saturated carbocycles. The van der Waals surface area contributed by atoms with E-state index < -0.39 is 0 Å². The Morgan fingerprint density at radius 3 is 2.87 bits per heavy atom. The van der Waals surface area contributed by atoms with Gasteiger partial charge in [-0.15, -0.1) is 11.8 Å². The summed E-state index contributed by atoms with van der Waals surface area (Å²) < 4.78 is 0. The molecule has 2 heteroatoms. The predicted octanol–water partition coefficient (Wildman–Crippen LogP) is 4.01. The Hall–Kier alpha value is -0.630. The van der Waals surface area contributed by atoms with E-state index in [4.69, 9.17) is 0 Å². The third-order valence-corrected chi connectivity index (χ3v) is 3.78. The van der Waals surface area contributed by atoms with E-state index in [9.17, 15) is 0 Å². The minimum atomic E-state index is 0.683. The van der Waals surface area contributed by atoms with Gasteiger partial charge in [-0.25, -0.2) is 0 Å². The molecule has 2 rings (SSSR count). The number of rotatable bonds is 5. The van der Waals surface area contributed by atoms with Gasteiger partial charge in [0.1, 0.15) is 0 Å². The lowest BCUT2D eigenvalue weighted by Crippen LogP contribution is -2.20. The highest BCUT2D eigenvalue weighted by atomic mass is 32.2. The van der Waals surface area contributed by atoms with Crippen LogP contribution in [0, 0.1) is 5.92 Å². The zero-order valence-corrected chi connectivity index (χ0v) is 10.3. The Morgan fingerprint density at radius 1 is 1.47 bits per heavy atom. The average Bonchev–Trinajstić information content (AvgIpc) is 3.10. The molecule has 0 heterocycles. The van der Waals surface area contributed by atoms with Crippen molar-refractivity contribution in [1.29, 1.82) is 0 Å².